The van der Waals surface area contributed by atoms with Crippen molar-refractivity contribution in [3.05, 3.63) is 46.7 Å². The first kappa shape index (κ1) is 18.8. The summed E-state index contributed by atoms with van der Waals surface area (Å²) in [7, 11) is 0. The van der Waals surface area contributed by atoms with E-state index in [1.165, 1.54) is 0 Å². The number of nitrogens with one attached hydrogen (secondary N) is 1. The molecule has 7 heteroatoms. The highest BCUT2D eigenvalue weighted by Crippen LogP contribution is 2.20. The number of hydrogen-bond donors (Lipinski definition) is 1. The van der Waals surface area contributed by atoms with E-state index in [1.54, 1.807) is 6.20 Å². The van der Waals surface area contributed by atoms with Crippen molar-refractivity contribution in [2.45, 2.75) is 19.8 Å². The fourth-order valence-corrected chi connectivity index (χ4v) is 3.13. The Balaban J connectivity index is 0.00000208. The second kappa shape index (κ2) is 8.51. The van der Waals surface area contributed by atoms with Crippen LogP contribution >= 0.6 is 24.0 Å². The predicted octanol–water partition coefficient (Wildman–Crippen LogP) is 2.95. The first-order valence-electron chi connectivity index (χ1n) is 8.03. The monoisotopic (exact) mass is 368 g/mol. The quantitative estimate of drug-likeness (QED) is 0.905. The molecule has 1 saturated heterocycles. The molecule has 0 radical (unpaired) electrons. The van der Waals surface area contributed by atoms with Gasteiger partial charge in [0.15, 0.2) is 0 Å². The third-order valence-corrected chi connectivity index (χ3v) is 4.35. The van der Waals surface area contributed by atoms with Crippen LogP contribution in [0.1, 0.15) is 29.4 Å². The summed E-state index contributed by atoms with van der Waals surface area (Å²) in [4.78, 5) is 14.8. The van der Waals surface area contributed by atoms with E-state index in [2.05, 4.69) is 10.4 Å². The first-order valence-corrected chi connectivity index (χ1v) is 8.41. The van der Waals surface area contributed by atoms with Crippen molar-refractivity contribution in [2.24, 2.45) is 0 Å². The van der Waals surface area contributed by atoms with Crippen molar-refractivity contribution < 1.29 is 4.79 Å². The Kier molecular flexibility index (Phi) is 6.66. The lowest BCUT2D eigenvalue weighted by Gasteiger charge is -2.20. The highest BCUT2D eigenvalue weighted by atomic mass is 35.5. The zero-order valence-electron chi connectivity index (χ0n) is 13.7. The summed E-state index contributed by atoms with van der Waals surface area (Å²) < 4.78 is 1.81. The molecule has 1 aliphatic rings. The summed E-state index contributed by atoms with van der Waals surface area (Å²) in [6, 6.07) is 7.52. The number of halogens is 2. The van der Waals surface area contributed by atoms with E-state index < -0.39 is 0 Å². The zero-order chi connectivity index (χ0) is 16.2. The van der Waals surface area contributed by atoms with Crippen molar-refractivity contribution in [3.63, 3.8) is 0 Å². The molecule has 1 N–H and O–H groups in total. The van der Waals surface area contributed by atoms with Crippen LogP contribution in [-0.4, -0.2) is 46.8 Å². The molecule has 5 nitrogen and oxygen atoms in total. The van der Waals surface area contributed by atoms with Gasteiger partial charge < -0.3 is 10.2 Å². The third kappa shape index (κ3) is 3.91. The molecule has 2 heterocycles. The summed E-state index contributed by atoms with van der Waals surface area (Å²) in [5, 5.41) is 8.41. The molecule has 1 aliphatic heterocycles. The van der Waals surface area contributed by atoms with E-state index in [0.717, 1.165) is 50.4 Å². The molecular weight excluding hydrogens is 347 g/mol. The maximum absolute atomic E-state index is 12.9. The summed E-state index contributed by atoms with van der Waals surface area (Å²) in [5.41, 5.74) is 2.50. The Morgan fingerprint density at radius 1 is 1.33 bits per heavy atom. The fourth-order valence-electron chi connectivity index (χ4n) is 2.94. The molecule has 0 spiro atoms. The average Bonchev–Trinajstić information content (AvgIpc) is 2.80. The van der Waals surface area contributed by atoms with Crippen LogP contribution in [-0.2, 0) is 6.42 Å². The first-order chi connectivity index (χ1) is 11.2. The Morgan fingerprint density at radius 3 is 2.92 bits per heavy atom. The topological polar surface area (TPSA) is 50.2 Å². The highest BCUT2D eigenvalue weighted by molar-refractivity contribution is 6.30. The van der Waals surface area contributed by atoms with E-state index in [0.29, 0.717) is 10.6 Å². The second-order valence-electron chi connectivity index (χ2n) is 5.65. The van der Waals surface area contributed by atoms with Crippen LogP contribution in [0.5, 0.6) is 0 Å². The molecule has 0 atom stereocenters. The van der Waals surface area contributed by atoms with Gasteiger partial charge in [-0.2, -0.15) is 5.10 Å². The van der Waals surface area contributed by atoms with Crippen molar-refractivity contribution in [1.82, 2.24) is 20.0 Å². The van der Waals surface area contributed by atoms with E-state index in [1.807, 2.05) is 40.8 Å². The van der Waals surface area contributed by atoms with Gasteiger partial charge in [0, 0.05) is 24.7 Å². The minimum absolute atomic E-state index is 0. The van der Waals surface area contributed by atoms with Crippen LogP contribution in [0.15, 0.2) is 30.5 Å². The smallest absolute Gasteiger partial charge is 0.257 e. The van der Waals surface area contributed by atoms with Crippen molar-refractivity contribution in [1.29, 1.82) is 0 Å². The minimum atomic E-state index is 0. The van der Waals surface area contributed by atoms with Crippen molar-refractivity contribution in [3.8, 4) is 5.69 Å². The van der Waals surface area contributed by atoms with Gasteiger partial charge in [-0.05, 0) is 37.6 Å². The van der Waals surface area contributed by atoms with Gasteiger partial charge in [-0.1, -0.05) is 24.6 Å². The molecule has 2 aromatic rings. The molecule has 1 aromatic heterocycles. The standard InChI is InChI=1S/C17H21ClN4O.ClH/c1-2-16-15(17(23)21-9-4-7-19-8-10-21)12-20-22(16)14-6-3-5-13(18)11-14;/h3,5-6,11-12,19H,2,4,7-10H2,1H3;1H. The van der Waals surface area contributed by atoms with Gasteiger partial charge in [-0.15, -0.1) is 12.4 Å². The number of amides is 1. The molecule has 0 saturated carbocycles. The summed E-state index contributed by atoms with van der Waals surface area (Å²) in [6.45, 7) is 5.38. The molecule has 0 aliphatic carbocycles. The number of benzene rings is 1. The number of carbonyl (C=O) groups is 1. The SMILES string of the molecule is CCc1c(C(=O)N2CCCNCC2)cnn1-c1cccc(Cl)c1.Cl. The van der Waals surface area contributed by atoms with Gasteiger partial charge in [0.1, 0.15) is 0 Å². The normalized spacial score (nSPS) is 14.8. The molecule has 130 valence electrons. The maximum atomic E-state index is 12.9. The largest absolute Gasteiger partial charge is 0.337 e. The number of nitrogens with zero attached hydrogens (tertiary/aromatic N) is 3. The van der Waals surface area contributed by atoms with Crippen LogP contribution in [0.2, 0.25) is 5.02 Å². The summed E-state index contributed by atoms with van der Waals surface area (Å²) >= 11 is 6.08. The molecule has 3 rings (SSSR count). The number of rotatable bonds is 3. The molecule has 1 aromatic carbocycles. The predicted molar refractivity (Wildman–Crippen MR) is 98.6 cm³/mol. The van der Waals surface area contributed by atoms with E-state index >= 15 is 0 Å². The molecule has 0 unspecified atom stereocenters. The Morgan fingerprint density at radius 2 is 2.17 bits per heavy atom. The number of carbonyl (C=O) groups excluding carboxylic acids is 1. The van der Waals surface area contributed by atoms with Gasteiger partial charge in [0.05, 0.1) is 23.1 Å². The second-order valence-corrected chi connectivity index (χ2v) is 6.08. The van der Waals surface area contributed by atoms with Crippen molar-refractivity contribution >= 4 is 29.9 Å². The van der Waals surface area contributed by atoms with E-state index in [-0.39, 0.29) is 18.3 Å². The Labute approximate surface area is 153 Å². The zero-order valence-corrected chi connectivity index (χ0v) is 15.2. The molecule has 0 bridgehead atoms. The lowest BCUT2D eigenvalue weighted by atomic mass is 10.1. The lowest BCUT2D eigenvalue weighted by Crippen LogP contribution is -2.34. The lowest BCUT2D eigenvalue weighted by molar-refractivity contribution is 0.0765. The van der Waals surface area contributed by atoms with Crippen molar-refractivity contribution in [2.75, 3.05) is 26.2 Å². The van der Waals surface area contributed by atoms with Gasteiger partial charge >= 0.3 is 0 Å². The average molecular weight is 369 g/mol. The Bertz CT molecular complexity index is 694. The number of aromatic nitrogens is 2. The van der Waals surface area contributed by atoms with E-state index in [4.69, 9.17) is 11.6 Å². The summed E-state index contributed by atoms with van der Waals surface area (Å²) in [5.74, 6) is 0.0684. The Hall–Kier alpha value is -1.56. The molecular formula is C17H22Cl2N4O. The van der Waals surface area contributed by atoms with Gasteiger partial charge in [0.25, 0.3) is 5.91 Å². The fraction of sp³-hybridized carbons (Fsp3) is 0.412. The molecule has 24 heavy (non-hydrogen) atoms. The number of hydrogen-bond acceptors (Lipinski definition) is 3. The van der Waals surface area contributed by atoms with Crippen LogP contribution in [0.4, 0.5) is 0 Å². The van der Waals surface area contributed by atoms with Crippen LogP contribution in [0.25, 0.3) is 5.69 Å². The van der Waals surface area contributed by atoms with Gasteiger partial charge in [0.2, 0.25) is 0 Å². The third-order valence-electron chi connectivity index (χ3n) is 4.11. The highest BCUT2D eigenvalue weighted by Gasteiger charge is 2.23. The van der Waals surface area contributed by atoms with Gasteiger partial charge in [-0.25, -0.2) is 4.68 Å². The van der Waals surface area contributed by atoms with Crippen LogP contribution in [0, 0.1) is 0 Å². The van der Waals surface area contributed by atoms with Crippen LogP contribution < -0.4 is 5.32 Å². The molecule has 1 amide bonds. The summed E-state index contributed by atoms with van der Waals surface area (Å²) in [6.07, 6.45) is 3.40. The van der Waals surface area contributed by atoms with Crippen LogP contribution in [0.3, 0.4) is 0 Å². The van der Waals surface area contributed by atoms with E-state index in [9.17, 15) is 4.79 Å². The molecule has 1 fully saturated rings. The minimum Gasteiger partial charge on any atom is -0.337 e. The maximum Gasteiger partial charge on any atom is 0.257 e. The van der Waals surface area contributed by atoms with Gasteiger partial charge in [-0.3, -0.25) is 4.79 Å².